The Morgan fingerprint density at radius 2 is 1.35 bits per heavy atom. The Balaban J connectivity index is 1.63. The van der Waals surface area contributed by atoms with Gasteiger partial charge in [-0.1, -0.05) is 24.3 Å². The van der Waals surface area contributed by atoms with Crippen LogP contribution < -0.4 is 0 Å². The summed E-state index contributed by atoms with van der Waals surface area (Å²) < 4.78 is 0. The summed E-state index contributed by atoms with van der Waals surface area (Å²) in [5, 5.41) is 3.38. The molecule has 1 unspecified atom stereocenters. The summed E-state index contributed by atoms with van der Waals surface area (Å²) in [6.07, 6.45) is 8.51. The van der Waals surface area contributed by atoms with Crippen molar-refractivity contribution in [1.82, 2.24) is 10.0 Å². The van der Waals surface area contributed by atoms with Gasteiger partial charge in [-0.05, 0) is 37.8 Å². The number of nitrogens with zero attached hydrogens (tertiary/aromatic N) is 2. The molecular weight excluding hydrogens is 252 g/mol. The van der Waals surface area contributed by atoms with Gasteiger partial charge in [0.15, 0.2) is 0 Å². The summed E-state index contributed by atoms with van der Waals surface area (Å²) in [5.74, 6) is -0.324. The van der Waals surface area contributed by atoms with Crippen molar-refractivity contribution in [3.63, 3.8) is 0 Å². The highest BCUT2D eigenvalue weighted by atomic mass is 16.2. The Labute approximate surface area is 117 Å². The summed E-state index contributed by atoms with van der Waals surface area (Å²) in [4.78, 5) is 24.9. The third kappa shape index (κ3) is 1.58. The molecule has 3 aliphatic rings. The van der Waals surface area contributed by atoms with Crippen LogP contribution in [0.5, 0.6) is 0 Å². The molecule has 2 aliphatic heterocycles. The fourth-order valence-corrected chi connectivity index (χ4v) is 3.42. The first-order chi connectivity index (χ1) is 9.79. The number of amides is 2. The second kappa shape index (κ2) is 4.28. The average Bonchev–Trinajstić information content (AvgIpc) is 3.01. The van der Waals surface area contributed by atoms with E-state index in [-0.39, 0.29) is 11.8 Å². The predicted octanol–water partition coefficient (Wildman–Crippen LogP) is 2.38. The van der Waals surface area contributed by atoms with Gasteiger partial charge in [0.25, 0.3) is 11.8 Å². The molecule has 4 nitrogen and oxygen atoms in total. The molecule has 0 radical (unpaired) electrons. The molecule has 0 aromatic heterocycles. The van der Waals surface area contributed by atoms with E-state index in [1.54, 1.807) is 12.1 Å². The van der Waals surface area contributed by atoms with Crippen LogP contribution >= 0.6 is 0 Å². The van der Waals surface area contributed by atoms with Crippen LogP contribution in [0.25, 0.3) is 0 Å². The molecule has 1 aromatic carbocycles. The van der Waals surface area contributed by atoms with Crippen LogP contribution in [0.2, 0.25) is 0 Å². The lowest BCUT2D eigenvalue weighted by atomic mass is 10.1. The number of allylic oxidation sites excluding steroid dienone is 2. The van der Waals surface area contributed by atoms with Crippen molar-refractivity contribution in [1.29, 1.82) is 0 Å². The minimum Gasteiger partial charge on any atom is -0.267 e. The fraction of sp³-hybridized carbons (Fsp3) is 0.375. The maximum Gasteiger partial charge on any atom is 0.276 e. The Hall–Kier alpha value is -1.94. The van der Waals surface area contributed by atoms with Crippen molar-refractivity contribution in [2.24, 2.45) is 0 Å². The lowest BCUT2D eigenvalue weighted by Crippen LogP contribution is -2.37. The largest absolute Gasteiger partial charge is 0.276 e. The maximum atomic E-state index is 12.5. The van der Waals surface area contributed by atoms with E-state index in [9.17, 15) is 9.59 Å². The molecular formula is C16H16N2O2. The zero-order chi connectivity index (χ0) is 13.7. The van der Waals surface area contributed by atoms with E-state index in [0.29, 0.717) is 23.2 Å². The second-order valence-electron chi connectivity index (χ2n) is 5.61. The zero-order valence-corrected chi connectivity index (χ0v) is 11.2. The zero-order valence-electron chi connectivity index (χ0n) is 11.2. The summed E-state index contributed by atoms with van der Waals surface area (Å²) in [7, 11) is 0. The Kier molecular flexibility index (Phi) is 2.54. The molecule has 1 saturated heterocycles. The monoisotopic (exact) mass is 268 g/mol. The van der Waals surface area contributed by atoms with Gasteiger partial charge >= 0.3 is 0 Å². The van der Waals surface area contributed by atoms with Gasteiger partial charge in [0.1, 0.15) is 0 Å². The van der Waals surface area contributed by atoms with Crippen LogP contribution in [0.3, 0.4) is 0 Å². The topological polar surface area (TPSA) is 40.4 Å². The first-order valence-electron chi connectivity index (χ1n) is 7.20. The molecule has 4 heteroatoms. The molecule has 2 amide bonds. The highest BCUT2D eigenvalue weighted by Gasteiger charge is 2.55. The van der Waals surface area contributed by atoms with Crippen LogP contribution in [-0.2, 0) is 0 Å². The van der Waals surface area contributed by atoms with Gasteiger partial charge in [-0.15, -0.1) is 0 Å². The van der Waals surface area contributed by atoms with E-state index in [0.717, 1.165) is 25.7 Å². The number of fused-ring (bicyclic) bond motifs is 2. The minimum absolute atomic E-state index is 0.162. The van der Waals surface area contributed by atoms with Crippen molar-refractivity contribution in [2.45, 2.75) is 37.8 Å². The smallest absolute Gasteiger partial charge is 0.267 e. The molecule has 0 saturated carbocycles. The Morgan fingerprint density at radius 1 is 0.850 bits per heavy atom. The van der Waals surface area contributed by atoms with Gasteiger partial charge < -0.3 is 0 Å². The SMILES string of the molecule is O=C1c2ccccc2C(=O)N1N1[C@@H]2CC/C=C\CC[C@@H]21. The molecule has 1 fully saturated rings. The number of benzene rings is 1. The first kappa shape index (κ1) is 11.9. The van der Waals surface area contributed by atoms with E-state index in [1.807, 2.05) is 17.1 Å². The maximum absolute atomic E-state index is 12.5. The van der Waals surface area contributed by atoms with Crippen LogP contribution in [-0.4, -0.2) is 33.9 Å². The third-order valence-electron chi connectivity index (χ3n) is 4.46. The van der Waals surface area contributed by atoms with Crippen molar-refractivity contribution in [3.05, 3.63) is 47.5 Å². The summed E-state index contributed by atoms with van der Waals surface area (Å²) in [6.45, 7) is 0. The van der Waals surface area contributed by atoms with Gasteiger partial charge in [-0.2, -0.15) is 0 Å². The van der Waals surface area contributed by atoms with Crippen LogP contribution in [0, 0.1) is 0 Å². The van der Waals surface area contributed by atoms with E-state index in [1.165, 1.54) is 5.01 Å². The molecule has 3 atom stereocenters. The molecule has 4 rings (SSSR count). The molecule has 0 N–H and O–H groups in total. The number of hydrogen-bond donors (Lipinski definition) is 0. The van der Waals surface area contributed by atoms with Gasteiger partial charge in [0.2, 0.25) is 0 Å². The molecule has 0 bridgehead atoms. The second-order valence-corrected chi connectivity index (χ2v) is 5.61. The Morgan fingerprint density at radius 3 is 1.85 bits per heavy atom. The molecule has 102 valence electrons. The lowest BCUT2D eigenvalue weighted by Gasteiger charge is -2.16. The van der Waals surface area contributed by atoms with Gasteiger partial charge in [-0.25, -0.2) is 10.0 Å². The third-order valence-corrected chi connectivity index (χ3v) is 4.46. The van der Waals surface area contributed by atoms with Crippen LogP contribution in [0.4, 0.5) is 0 Å². The summed E-state index contributed by atoms with van der Waals surface area (Å²) >= 11 is 0. The first-order valence-corrected chi connectivity index (χ1v) is 7.20. The normalized spacial score (nSPS) is 33.2. The number of carbonyl (C=O) groups excluding carboxylic acids is 2. The van der Waals surface area contributed by atoms with Gasteiger partial charge in [0.05, 0.1) is 11.1 Å². The number of imide groups is 1. The summed E-state index contributed by atoms with van der Waals surface area (Å²) in [6, 6.07) is 7.79. The average molecular weight is 268 g/mol. The molecule has 20 heavy (non-hydrogen) atoms. The van der Waals surface area contributed by atoms with Crippen molar-refractivity contribution in [3.8, 4) is 0 Å². The predicted molar refractivity (Wildman–Crippen MR) is 74.0 cm³/mol. The van der Waals surface area contributed by atoms with E-state index >= 15 is 0 Å². The van der Waals surface area contributed by atoms with Gasteiger partial charge in [0, 0.05) is 12.1 Å². The summed E-state index contributed by atoms with van der Waals surface area (Å²) in [5.41, 5.74) is 1.07. The lowest BCUT2D eigenvalue weighted by molar-refractivity contribution is 0.0338. The highest BCUT2D eigenvalue weighted by molar-refractivity contribution is 6.21. The van der Waals surface area contributed by atoms with E-state index in [4.69, 9.17) is 0 Å². The van der Waals surface area contributed by atoms with Gasteiger partial charge in [-0.3, -0.25) is 9.59 Å². The quantitative estimate of drug-likeness (QED) is 0.446. The number of hydrazine groups is 1. The van der Waals surface area contributed by atoms with Crippen LogP contribution in [0.1, 0.15) is 46.4 Å². The fourth-order valence-electron chi connectivity index (χ4n) is 3.42. The highest BCUT2D eigenvalue weighted by Crippen LogP contribution is 2.41. The van der Waals surface area contributed by atoms with Crippen molar-refractivity contribution >= 4 is 11.8 Å². The minimum atomic E-state index is -0.162. The molecule has 1 aliphatic carbocycles. The Bertz CT molecular complexity index is 572. The molecule has 0 spiro atoms. The van der Waals surface area contributed by atoms with Crippen LogP contribution in [0.15, 0.2) is 36.4 Å². The van der Waals surface area contributed by atoms with Crippen molar-refractivity contribution < 1.29 is 9.59 Å². The van der Waals surface area contributed by atoms with E-state index < -0.39 is 0 Å². The number of carbonyl (C=O) groups is 2. The molecule has 1 aromatic rings. The van der Waals surface area contributed by atoms with E-state index in [2.05, 4.69) is 12.2 Å². The number of rotatable bonds is 1. The molecule has 2 heterocycles. The standard InChI is InChI=1S/C16H16N2O2/c19-15-11-7-5-6-8-12(11)16(20)18(15)17-13-9-3-1-2-4-10-14(13)17/h1-2,5-8,13-14H,3-4,9-10H2/b2-1-/t13-,14+,17?. The number of hydrogen-bond acceptors (Lipinski definition) is 3. The van der Waals surface area contributed by atoms with Crippen molar-refractivity contribution in [2.75, 3.05) is 0 Å².